The van der Waals surface area contributed by atoms with E-state index in [-0.39, 0.29) is 5.91 Å². The Morgan fingerprint density at radius 1 is 1.35 bits per heavy atom. The smallest absolute Gasteiger partial charge is 0.253 e. The van der Waals surface area contributed by atoms with Crippen LogP contribution in [0.2, 0.25) is 0 Å². The maximum atomic E-state index is 12.2. The summed E-state index contributed by atoms with van der Waals surface area (Å²) in [5, 5.41) is 6.12. The van der Waals surface area contributed by atoms with E-state index in [0.29, 0.717) is 12.1 Å². The Morgan fingerprint density at radius 3 is 2.85 bits per heavy atom. The van der Waals surface area contributed by atoms with Gasteiger partial charge in [-0.15, -0.1) is 0 Å². The van der Waals surface area contributed by atoms with Crippen LogP contribution in [0.1, 0.15) is 23.1 Å². The van der Waals surface area contributed by atoms with E-state index in [1.165, 1.54) is 0 Å². The Hall–Kier alpha value is -2.30. The predicted molar refractivity (Wildman–Crippen MR) is 79.9 cm³/mol. The SMILES string of the molecule is CCNc1ccccc1C(=O)NCCc1nccn1C. The summed E-state index contributed by atoms with van der Waals surface area (Å²) in [7, 11) is 1.95. The molecule has 0 aliphatic rings. The van der Waals surface area contributed by atoms with Gasteiger partial charge in [0.15, 0.2) is 0 Å². The molecule has 2 aromatic rings. The van der Waals surface area contributed by atoms with Gasteiger partial charge in [-0.1, -0.05) is 12.1 Å². The second kappa shape index (κ2) is 6.75. The number of benzene rings is 1. The third-order valence-corrected chi connectivity index (χ3v) is 3.09. The highest BCUT2D eigenvalue weighted by atomic mass is 16.1. The van der Waals surface area contributed by atoms with E-state index >= 15 is 0 Å². The Bertz CT molecular complexity index is 577. The van der Waals surface area contributed by atoms with Crippen LogP contribution in [0.4, 0.5) is 5.69 Å². The van der Waals surface area contributed by atoms with Crippen molar-refractivity contribution in [1.29, 1.82) is 0 Å². The normalized spacial score (nSPS) is 10.3. The van der Waals surface area contributed by atoms with Gasteiger partial charge < -0.3 is 15.2 Å². The van der Waals surface area contributed by atoms with Crippen molar-refractivity contribution in [3.63, 3.8) is 0 Å². The number of imidazole rings is 1. The summed E-state index contributed by atoms with van der Waals surface area (Å²) < 4.78 is 1.96. The lowest BCUT2D eigenvalue weighted by Crippen LogP contribution is -2.27. The van der Waals surface area contributed by atoms with Crippen LogP contribution in [0, 0.1) is 0 Å². The molecule has 0 fully saturated rings. The van der Waals surface area contributed by atoms with Gasteiger partial charge in [-0.3, -0.25) is 4.79 Å². The van der Waals surface area contributed by atoms with Crippen LogP contribution in [-0.4, -0.2) is 28.5 Å². The Labute approximate surface area is 119 Å². The van der Waals surface area contributed by atoms with Gasteiger partial charge in [0.25, 0.3) is 5.91 Å². The van der Waals surface area contributed by atoms with Crippen LogP contribution in [0.25, 0.3) is 0 Å². The van der Waals surface area contributed by atoms with Crippen LogP contribution in [-0.2, 0) is 13.5 Å². The maximum Gasteiger partial charge on any atom is 0.253 e. The standard InChI is InChI=1S/C15H20N4O/c1-3-16-13-7-5-4-6-12(13)15(20)18-9-8-14-17-10-11-19(14)2/h4-7,10-11,16H,3,8-9H2,1-2H3,(H,18,20). The number of rotatable bonds is 6. The van der Waals surface area contributed by atoms with Crippen LogP contribution in [0.3, 0.4) is 0 Å². The van der Waals surface area contributed by atoms with Crippen LogP contribution in [0.5, 0.6) is 0 Å². The van der Waals surface area contributed by atoms with E-state index in [0.717, 1.165) is 24.5 Å². The van der Waals surface area contributed by atoms with Crippen molar-refractivity contribution < 1.29 is 4.79 Å². The van der Waals surface area contributed by atoms with Gasteiger partial charge in [-0.25, -0.2) is 4.98 Å². The van der Waals surface area contributed by atoms with E-state index in [2.05, 4.69) is 15.6 Å². The molecule has 0 saturated carbocycles. The quantitative estimate of drug-likeness (QED) is 0.843. The van der Waals surface area contributed by atoms with Crippen LogP contribution >= 0.6 is 0 Å². The molecule has 1 amide bonds. The van der Waals surface area contributed by atoms with Gasteiger partial charge in [-0.2, -0.15) is 0 Å². The highest BCUT2D eigenvalue weighted by Gasteiger charge is 2.10. The second-order valence-corrected chi connectivity index (χ2v) is 4.54. The van der Waals surface area contributed by atoms with E-state index in [1.54, 1.807) is 6.20 Å². The second-order valence-electron chi connectivity index (χ2n) is 4.54. The zero-order chi connectivity index (χ0) is 14.4. The first-order valence-electron chi connectivity index (χ1n) is 6.79. The van der Waals surface area contributed by atoms with Gasteiger partial charge in [0.2, 0.25) is 0 Å². The fraction of sp³-hybridized carbons (Fsp3) is 0.333. The van der Waals surface area contributed by atoms with Gasteiger partial charge in [0.05, 0.1) is 5.56 Å². The third-order valence-electron chi connectivity index (χ3n) is 3.09. The molecular weight excluding hydrogens is 252 g/mol. The molecule has 1 heterocycles. The van der Waals surface area contributed by atoms with E-state index in [4.69, 9.17) is 0 Å². The predicted octanol–water partition coefficient (Wildman–Crippen LogP) is 1.82. The number of hydrogen-bond acceptors (Lipinski definition) is 3. The van der Waals surface area contributed by atoms with Crippen molar-refractivity contribution in [3.05, 3.63) is 48.0 Å². The molecule has 5 heteroatoms. The monoisotopic (exact) mass is 272 g/mol. The molecule has 2 rings (SSSR count). The average molecular weight is 272 g/mol. The summed E-state index contributed by atoms with van der Waals surface area (Å²) in [5.74, 6) is 0.904. The molecule has 2 N–H and O–H groups in total. The maximum absolute atomic E-state index is 12.2. The molecule has 20 heavy (non-hydrogen) atoms. The van der Waals surface area contributed by atoms with Gasteiger partial charge in [0.1, 0.15) is 5.82 Å². The lowest BCUT2D eigenvalue weighted by atomic mass is 10.1. The van der Waals surface area contributed by atoms with Gasteiger partial charge >= 0.3 is 0 Å². The number of nitrogens with zero attached hydrogens (tertiary/aromatic N) is 2. The van der Waals surface area contributed by atoms with Crippen molar-refractivity contribution in [2.24, 2.45) is 7.05 Å². The molecule has 0 aliphatic heterocycles. The molecular formula is C15H20N4O. The molecule has 0 saturated heterocycles. The van der Waals surface area contributed by atoms with Crippen molar-refractivity contribution in [2.45, 2.75) is 13.3 Å². The number of anilines is 1. The molecule has 0 spiro atoms. The molecule has 0 radical (unpaired) electrons. The van der Waals surface area contributed by atoms with Crippen molar-refractivity contribution in [1.82, 2.24) is 14.9 Å². The van der Waals surface area contributed by atoms with Crippen molar-refractivity contribution in [3.8, 4) is 0 Å². The van der Waals surface area contributed by atoms with E-state index in [9.17, 15) is 4.79 Å². The van der Waals surface area contributed by atoms with Gasteiger partial charge in [-0.05, 0) is 19.1 Å². The summed E-state index contributed by atoms with van der Waals surface area (Å²) in [6.07, 6.45) is 4.38. The lowest BCUT2D eigenvalue weighted by molar-refractivity contribution is 0.0954. The summed E-state index contributed by atoms with van der Waals surface area (Å²) in [5.41, 5.74) is 1.54. The zero-order valence-corrected chi connectivity index (χ0v) is 11.9. The van der Waals surface area contributed by atoms with E-state index < -0.39 is 0 Å². The van der Waals surface area contributed by atoms with Gasteiger partial charge in [0, 0.05) is 44.6 Å². The van der Waals surface area contributed by atoms with Crippen LogP contribution < -0.4 is 10.6 Å². The fourth-order valence-electron chi connectivity index (χ4n) is 2.05. The Morgan fingerprint density at radius 2 is 2.15 bits per heavy atom. The number of carbonyl (C=O) groups is 1. The number of hydrogen-bond donors (Lipinski definition) is 2. The fourth-order valence-corrected chi connectivity index (χ4v) is 2.05. The number of nitrogens with one attached hydrogen (secondary N) is 2. The summed E-state index contributed by atoms with van der Waals surface area (Å²) in [6, 6.07) is 7.53. The molecule has 1 aromatic heterocycles. The van der Waals surface area contributed by atoms with Crippen LogP contribution in [0.15, 0.2) is 36.7 Å². The Kier molecular flexibility index (Phi) is 4.76. The summed E-state index contributed by atoms with van der Waals surface area (Å²) >= 11 is 0. The number of amides is 1. The topological polar surface area (TPSA) is 59.0 Å². The minimum atomic E-state index is -0.0595. The average Bonchev–Trinajstić information content (AvgIpc) is 2.85. The third kappa shape index (κ3) is 3.38. The molecule has 1 aromatic carbocycles. The molecule has 0 unspecified atom stereocenters. The minimum Gasteiger partial charge on any atom is -0.385 e. The lowest BCUT2D eigenvalue weighted by Gasteiger charge is -2.10. The molecule has 0 bridgehead atoms. The number of carbonyl (C=O) groups excluding carboxylic acids is 1. The number of para-hydroxylation sites is 1. The largest absolute Gasteiger partial charge is 0.385 e. The molecule has 106 valence electrons. The van der Waals surface area contributed by atoms with Crippen molar-refractivity contribution in [2.75, 3.05) is 18.4 Å². The first-order chi connectivity index (χ1) is 9.72. The number of aryl methyl sites for hydroxylation is 1. The zero-order valence-electron chi connectivity index (χ0n) is 11.9. The first-order valence-corrected chi connectivity index (χ1v) is 6.79. The first kappa shape index (κ1) is 14.1. The minimum absolute atomic E-state index is 0.0595. The Balaban J connectivity index is 1.93. The molecule has 5 nitrogen and oxygen atoms in total. The highest BCUT2D eigenvalue weighted by molar-refractivity contribution is 5.99. The molecule has 0 aliphatic carbocycles. The summed E-state index contributed by atoms with van der Waals surface area (Å²) in [4.78, 5) is 16.4. The summed E-state index contributed by atoms with van der Waals surface area (Å²) in [6.45, 7) is 3.37. The molecule has 0 atom stereocenters. The van der Waals surface area contributed by atoms with E-state index in [1.807, 2.05) is 49.0 Å². The number of aromatic nitrogens is 2. The highest BCUT2D eigenvalue weighted by Crippen LogP contribution is 2.14. The van der Waals surface area contributed by atoms with Crippen molar-refractivity contribution >= 4 is 11.6 Å².